The first-order valence-corrected chi connectivity index (χ1v) is 15.4. The molecule has 0 bridgehead atoms. The van der Waals surface area contributed by atoms with Crippen molar-refractivity contribution >= 4 is 52.1 Å². The van der Waals surface area contributed by atoms with Crippen LogP contribution in [0.3, 0.4) is 0 Å². The topological polar surface area (TPSA) is 188 Å². The Labute approximate surface area is 263 Å². The number of imide groups is 1. The smallest absolute Gasteiger partial charge is 0.276 e. The highest BCUT2D eigenvalue weighted by Gasteiger charge is 2.45. The molecule has 3 saturated heterocycles. The van der Waals surface area contributed by atoms with Gasteiger partial charge in [0.25, 0.3) is 11.8 Å². The number of nitrogens with zero attached hydrogens (tertiary/aromatic N) is 4. The quantitative estimate of drug-likeness (QED) is 0.356. The van der Waals surface area contributed by atoms with Crippen molar-refractivity contribution in [1.82, 2.24) is 25.2 Å². The number of nitrogens with one attached hydrogen (secondary N) is 2. The number of anilines is 1. The fourth-order valence-electron chi connectivity index (χ4n) is 7.12. The highest BCUT2D eigenvalue weighted by atomic mass is 16.5. The standard InChI is InChI=1S/C32H33N7O7/c1-16-5-9-25-19(13-16)27(36-46-25)32(45)37-12-11-17-6-7-24(39(17)31(44)21(33)15-37)29(42)34-22-4-2-3-18-20(22)14-38(30(18)43)23-8-10-26(40)35-28(23)41/h2-5,9,13,17,21,23-24H,6-8,10-12,14-15,33H2,1H3,(H,34,42)(H,35,40,41)/t17-,21+,23?,24+/m1/s1. The largest absolute Gasteiger partial charge is 0.355 e. The lowest BCUT2D eigenvalue weighted by Gasteiger charge is -2.37. The van der Waals surface area contributed by atoms with Gasteiger partial charge in [0.1, 0.15) is 18.1 Å². The fourth-order valence-corrected chi connectivity index (χ4v) is 7.12. The van der Waals surface area contributed by atoms with E-state index in [0.29, 0.717) is 53.6 Å². The van der Waals surface area contributed by atoms with Gasteiger partial charge in [0, 0.05) is 48.9 Å². The summed E-state index contributed by atoms with van der Waals surface area (Å²) in [7, 11) is 0. The van der Waals surface area contributed by atoms with Crippen LogP contribution in [-0.2, 0) is 25.7 Å². The third kappa shape index (κ3) is 4.98. The molecule has 5 heterocycles. The summed E-state index contributed by atoms with van der Waals surface area (Å²) < 4.78 is 5.36. The van der Waals surface area contributed by atoms with Gasteiger partial charge in [0.2, 0.25) is 23.6 Å². The molecule has 3 aromatic rings. The molecule has 3 fully saturated rings. The van der Waals surface area contributed by atoms with Gasteiger partial charge in [0.05, 0.1) is 5.39 Å². The second-order valence-corrected chi connectivity index (χ2v) is 12.4. The number of hydrogen-bond donors (Lipinski definition) is 3. The van der Waals surface area contributed by atoms with Crippen molar-refractivity contribution in [1.29, 1.82) is 0 Å². The lowest BCUT2D eigenvalue weighted by molar-refractivity contribution is -0.141. The van der Waals surface area contributed by atoms with Gasteiger partial charge >= 0.3 is 0 Å². The zero-order valence-electron chi connectivity index (χ0n) is 25.2. The minimum absolute atomic E-state index is 0.0418. The summed E-state index contributed by atoms with van der Waals surface area (Å²) in [6.07, 6.45) is 1.78. The summed E-state index contributed by atoms with van der Waals surface area (Å²) in [4.78, 5) is 82.8. The summed E-state index contributed by atoms with van der Waals surface area (Å²) in [5, 5.41) is 9.82. The Morgan fingerprint density at radius 1 is 1.07 bits per heavy atom. The van der Waals surface area contributed by atoms with Gasteiger partial charge in [-0.25, -0.2) is 0 Å². The second-order valence-electron chi connectivity index (χ2n) is 12.4. The molecule has 0 radical (unpaired) electrons. The van der Waals surface area contributed by atoms with Crippen LogP contribution in [0.25, 0.3) is 11.0 Å². The Morgan fingerprint density at radius 2 is 1.89 bits per heavy atom. The van der Waals surface area contributed by atoms with Crippen LogP contribution in [0.15, 0.2) is 40.9 Å². The van der Waals surface area contributed by atoms with E-state index in [1.807, 2.05) is 19.1 Å². The van der Waals surface area contributed by atoms with E-state index in [4.69, 9.17) is 10.3 Å². The van der Waals surface area contributed by atoms with Crippen molar-refractivity contribution < 1.29 is 33.3 Å². The Balaban J connectivity index is 1.06. The van der Waals surface area contributed by atoms with E-state index >= 15 is 0 Å². The van der Waals surface area contributed by atoms with Crippen LogP contribution in [0.5, 0.6) is 0 Å². The molecule has 0 spiro atoms. The van der Waals surface area contributed by atoms with E-state index in [1.54, 1.807) is 29.2 Å². The molecule has 6 amide bonds. The summed E-state index contributed by atoms with van der Waals surface area (Å²) in [5.41, 5.74) is 9.36. The molecule has 0 aliphatic carbocycles. The number of carbonyl (C=O) groups excluding carboxylic acids is 6. The van der Waals surface area contributed by atoms with Crippen molar-refractivity contribution in [3.05, 3.63) is 58.8 Å². The average Bonchev–Trinajstić information content (AvgIpc) is 3.73. The number of rotatable bonds is 4. The molecule has 0 saturated carbocycles. The van der Waals surface area contributed by atoms with Gasteiger partial charge in [-0.05, 0) is 56.9 Å². The lowest BCUT2D eigenvalue weighted by Crippen LogP contribution is -2.58. The maximum atomic E-state index is 13.7. The number of aryl methyl sites for hydroxylation is 1. The molecular weight excluding hydrogens is 594 g/mol. The molecule has 1 aromatic heterocycles. The molecule has 7 rings (SSSR count). The average molecular weight is 628 g/mol. The van der Waals surface area contributed by atoms with Gasteiger partial charge in [-0.1, -0.05) is 22.9 Å². The minimum atomic E-state index is -1.05. The number of fused-ring (bicyclic) bond motifs is 3. The lowest BCUT2D eigenvalue weighted by atomic mass is 10.0. The summed E-state index contributed by atoms with van der Waals surface area (Å²) in [6.45, 7) is 2.29. The summed E-state index contributed by atoms with van der Waals surface area (Å²) in [6, 6.07) is 7.52. The van der Waals surface area contributed by atoms with Crippen molar-refractivity contribution in [2.24, 2.45) is 5.73 Å². The van der Waals surface area contributed by atoms with Gasteiger partial charge in [0.15, 0.2) is 11.3 Å². The molecule has 238 valence electrons. The third-order valence-corrected chi connectivity index (χ3v) is 9.48. The molecule has 4 aliphatic rings. The molecule has 1 unspecified atom stereocenters. The second kappa shape index (κ2) is 11.4. The van der Waals surface area contributed by atoms with Crippen LogP contribution in [-0.4, -0.2) is 92.6 Å². The van der Waals surface area contributed by atoms with Crippen LogP contribution in [0.2, 0.25) is 0 Å². The maximum absolute atomic E-state index is 13.7. The van der Waals surface area contributed by atoms with Gasteiger partial charge in [-0.3, -0.25) is 34.1 Å². The Morgan fingerprint density at radius 3 is 2.70 bits per heavy atom. The molecule has 4 aliphatic heterocycles. The molecule has 4 N–H and O–H groups in total. The number of aromatic nitrogens is 1. The van der Waals surface area contributed by atoms with E-state index in [0.717, 1.165) is 5.56 Å². The third-order valence-electron chi connectivity index (χ3n) is 9.48. The zero-order chi connectivity index (χ0) is 32.3. The Kier molecular flexibility index (Phi) is 7.31. The van der Waals surface area contributed by atoms with Gasteiger partial charge in [-0.15, -0.1) is 0 Å². The fraction of sp³-hybridized carbons (Fsp3) is 0.406. The highest BCUT2D eigenvalue weighted by molar-refractivity contribution is 6.08. The summed E-state index contributed by atoms with van der Waals surface area (Å²) in [5.74, 6) is -2.42. The molecule has 2 aromatic carbocycles. The maximum Gasteiger partial charge on any atom is 0.276 e. The first-order chi connectivity index (χ1) is 22.1. The number of hydrogen-bond acceptors (Lipinski definition) is 9. The molecule has 14 heteroatoms. The van der Waals surface area contributed by atoms with Crippen molar-refractivity contribution in [2.45, 2.75) is 69.7 Å². The molecule has 46 heavy (non-hydrogen) atoms. The molecule has 4 atom stereocenters. The van der Waals surface area contributed by atoms with E-state index < -0.39 is 35.8 Å². The van der Waals surface area contributed by atoms with Crippen LogP contribution < -0.4 is 16.4 Å². The van der Waals surface area contributed by atoms with Crippen molar-refractivity contribution in [3.63, 3.8) is 0 Å². The first-order valence-electron chi connectivity index (χ1n) is 15.4. The summed E-state index contributed by atoms with van der Waals surface area (Å²) >= 11 is 0. The highest BCUT2D eigenvalue weighted by Crippen LogP contribution is 2.34. The minimum Gasteiger partial charge on any atom is -0.355 e. The van der Waals surface area contributed by atoms with Crippen LogP contribution in [0.4, 0.5) is 5.69 Å². The number of benzene rings is 2. The monoisotopic (exact) mass is 627 g/mol. The Hall–Kier alpha value is -5.11. The van der Waals surface area contributed by atoms with E-state index in [-0.39, 0.29) is 55.4 Å². The van der Waals surface area contributed by atoms with Crippen LogP contribution in [0.1, 0.15) is 64.1 Å². The van der Waals surface area contributed by atoms with Crippen LogP contribution in [0, 0.1) is 6.92 Å². The number of nitrogens with two attached hydrogens (primary N) is 1. The zero-order valence-corrected chi connectivity index (χ0v) is 25.2. The van der Waals surface area contributed by atoms with Crippen molar-refractivity contribution in [3.8, 4) is 0 Å². The number of carbonyl (C=O) groups is 6. The first kappa shape index (κ1) is 29.6. The molecular formula is C32H33N7O7. The number of piperidine rings is 1. The van der Waals surface area contributed by atoms with Crippen molar-refractivity contribution in [2.75, 3.05) is 18.4 Å². The number of amides is 6. The Bertz CT molecular complexity index is 1820. The predicted molar refractivity (Wildman–Crippen MR) is 162 cm³/mol. The predicted octanol–water partition coefficient (Wildman–Crippen LogP) is 1.07. The van der Waals surface area contributed by atoms with E-state index in [2.05, 4.69) is 15.8 Å². The molecule has 14 nitrogen and oxygen atoms in total. The SMILES string of the molecule is Cc1ccc2onc(C(=O)N3CC[C@H]4CC[C@@H](C(=O)Nc5cccc6c5CN(C5CCC(=O)NC5=O)C6=O)N4C(=O)[C@@H](N)C3)c2c1. The van der Waals surface area contributed by atoms with Gasteiger partial charge < -0.3 is 30.3 Å². The van der Waals surface area contributed by atoms with E-state index in [9.17, 15) is 28.8 Å². The van der Waals surface area contributed by atoms with Gasteiger partial charge in [-0.2, -0.15) is 0 Å². The van der Waals surface area contributed by atoms with Crippen LogP contribution >= 0.6 is 0 Å². The normalized spacial score (nSPS) is 24.9. The van der Waals surface area contributed by atoms with E-state index in [1.165, 1.54) is 9.80 Å².